The monoisotopic (exact) mass is 550 g/mol. The molecular weight excluding hydrogens is 508 g/mol. The van der Waals surface area contributed by atoms with E-state index in [0.29, 0.717) is 11.6 Å². The lowest BCUT2D eigenvalue weighted by Gasteiger charge is -2.47. The van der Waals surface area contributed by atoms with Crippen LogP contribution < -0.4 is 0 Å². The summed E-state index contributed by atoms with van der Waals surface area (Å²) in [4.78, 5) is 21.9. The molecule has 36 heavy (non-hydrogen) atoms. The van der Waals surface area contributed by atoms with Gasteiger partial charge in [0, 0.05) is 10.0 Å². The quantitative estimate of drug-likeness (QED) is 0.365. The maximum absolute atomic E-state index is 14.4. The molecule has 4 rings (SSSR count). The third-order valence-electron chi connectivity index (χ3n) is 8.24. The van der Waals surface area contributed by atoms with Crippen molar-refractivity contribution in [1.29, 1.82) is 0 Å². The number of hydrogen-bond donors (Lipinski definition) is 0. The molecule has 1 aliphatic heterocycles. The van der Waals surface area contributed by atoms with Crippen LogP contribution in [0.2, 0.25) is 0 Å². The molecule has 2 aromatic rings. The van der Waals surface area contributed by atoms with Crippen LogP contribution in [0.4, 0.5) is 0 Å². The predicted molar refractivity (Wildman–Crippen MR) is 154 cm³/mol. The summed E-state index contributed by atoms with van der Waals surface area (Å²) in [5.74, 6) is 0.736. The topological polar surface area (TPSA) is 32.7 Å². The molecule has 2 aliphatic rings. The number of nitrogens with zero attached hydrogens (tertiary/aromatic N) is 2. The lowest BCUT2D eigenvalue weighted by Crippen LogP contribution is -2.51. The first-order valence-electron chi connectivity index (χ1n) is 13.6. The number of aryl methyl sites for hydroxylation is 1. The van der Waals surface area contributed by atoms with Gasteiger partial charge in [0.25, 0.3) is 5.91 Å². The first-order chi connectivity index (χ1) is 16.8. The molecule has 194 valence electrons. The predicted octanol–water partition coefficient (Wildman–Crippen LogP) is 8.89. The Morgan fingerprint density at radius 2 is 1.67 bits per heavy atom. The van der Waals surface area contributed by atoms with Crippen molar-refractivity contribution in [3.63, 3.8) is 0 Å². The van der Waals surface area contributed by atoms with Crippen molar-refractivity contribution in [2.24, 2.45) is 21.7 Å². The van der Waals surface area contributed by atoms with E-state index in [1.807, 2.05) is 24.3 Å². The molecule has 1 fully saturated rings. The van der Waals surface area contributed by atoms with Crippen LogP contribution in [-0.2, 0) is 4.79 Å². The van der Waals surface area contributed by atoms with Gasteiger partial charge in [-0.15, -0.1) is 0 Å². The van der Waals surface area contributed by atoms with Gasteiger partial charge in [0.15, 0.2) is 0 Å². The van der Waals surface area contributed by atoms with Gasteiger partial charge in [0.2, 0.25) is 0 Å². The minimum absolute atomic E-state index is 0.0110. The smallest absolute Gasteiger partial charge is 0.275 e. The molecule has 0 radical (unpaired) electrons. The number of halogens is 1. The SMILES string of the molecule is Cc1ccc(C(CCC(C)(C)C)N2C(=O)C(c3cccc(Br)c3)=NC23CCC(C(C)(C)C)CC3)cc1. The molecule has 0 saturated heterocycles. The fourth-order valence-corrected chi connectivity index (χ4v) is 6.37. The summed E-state index contributed by atoms with van der Waals surface area (Å²) in [5, 5.41) is 0. The van der Waals surface area contributed by atoms with E-state index in [-0.39, 0.29) is 22.8 Å². The van der Waals surface area contributed by atoms with Crippen LogP contribution in [0.1, 0.15) is 103 Å². The van der Waals surface area contributed by atoms with Crippen LogP contribution >= 0.6 is 15.9 Å². The van der Waals surface area contributed by atoms with Crippen molar-refractivity contribution in [2.45, 2.75) is 98.7 Å². The number of amides is 1. The van der Waals surface area contributed by atoms with Gasteiger partial charge in [-0.2, -0.15) is 0 Å². The molecule has 1 heterocycles. The van der Waals surface area contributed by atoms with Gasteiger partial charge in [-0.1, -0.05) is 99.4 Å². The van der Waals surface area contributed by atoms with Gasteiger partial charge in [-0.25, -0.2) is 0 Å². The van der Waals surface area contributed by atoms with Gasteiger partial charge in [0.1, 0.15) is 11.4 Å². The van der Waals surface area contributed by atoms with Gasteiger partial charge in [0.05, 0.1) is 6.04 Å². The van der Waals surface area contributed by atoms with Crippen LogP contribution in [-0.4, -0.2) is 22.2 Å². The maximum Gasteiger partial charge on any atom is 0.275 e. The summed E-state index contributed by atoms with van der Waals surface area (Å²) < 4.78 is 0.974. The zero-order chi connectivity index (χ0) is 26.3. The minimum atomic E-state index is -0.468. The molecule has 1 spiro atoms. The van der Waals surface area contributed by atoms with E-state index in [1.54, 1.807) is 0 Å². The zero-order valence-corrected chi connectivity index (χ0v) is 24.8. The van der Waals surface area contributed by atoms with Crippen LogP contribution in [0, 0.1) is 23.7 Å². The Kier molecular flexibility index (Phi) is 7.59. The molecule has 2 aromatic carbocycles. The lowest BCUT2D eigenvalue weighted by molar-refractivity contribution is -0.134. The Hall–Kier alpha value is -1.94. The number of hydrogen-bond acceptors (Lipinski definition) is 2. The number of carbonyl (C=O) groups is 1. The van der Waals surface area contributed by atoms with Crippen molar-refractivity contribution in [3.05, 3.63) is 69.7 Å². The highest BCUT2D eigenvalue weighted by atomic mass is 79.9. The Morgan fingerprint density at radius 3 is 2.22 bits per heavy atom. The molecule has 0 N–H and O–H groups in total. The van der Waals surface area contributed by atoms with Crippen LogP contribution in [0.25, 0.3) is 0 Å². The second kappa shape index (κ2) is 10.1. The highest BCUT2D eigenvalue weighted by Crippen LogP contribution is 2.50. The number of aliphatic imine (C=N–C) groups is 1. The maximum atomic E-state index is 14.4. The molecule has 1 saturated carbocycles. The average molecular weight is 552 g/mol. The van der Waals surface area contributed by atoms with Crippen LogP contribution in [0.3, 0.4) is 0 Å². The Balaban J connectivity index is 1.79. The Bertz CT molecular complexity index is 1110. The second-order valence-electron chi connectivity index (χ2n) is 13.3. The van der Waals surface area contributed by atoms with E-state index in [4.69, 9.17) is 4.99 Å². The first-order valence-corrected chi connectivity index (χ1v) is 14.3. The highest BCUT2D eigenvalue weighted by molar-refractivity contribution is 9.10. The summed E-state index contributed by atoms with van der Waals surface area (Å²) in [6, 6.07) is 16.9. The summed E-state index contributed by atoms with van der Waals surface area (Å²) in [6.07, 6.45) is 6.03. The van der Waals surface area contributed by atoms with E-state index >= 15 is 0 Å². The Labute approximate surface area is 226 Å². The minimum Gasteiger partial charge on any atom is -0.305 e. The molecule has 1 atom stereocenters. The standard InChI is InChI=1S/C32H43BrN2O/c1-22-11-13-23(14-12-22)27(17-18-30(2,3)4)35-29(36)28(24-9-8-10-26(33)21-24)34-32(35)19-15-25(16-20-32)31(5,6)7/h8-14,21,25,27H,15-20H2,1-7H3. The fourth-order valence-electron chi connectivity index (χ4n) is 5.97. The van der Waals surface area contributed by atoms with Crippen molar-refractivity contribution in [1.82, 2.24) is 4.90 Å². The van der Waals surface area contributed by atoms with E-state index in [0.717, 1.165) is 48.6 Å². The van der Waals surface area contributed by atoms with Crippen molar-refractivity contribution in [2.75, 3.05) is 0 Å². The second-order valence-corrected chi connectivity index (χ2v) is 14.2. The summed E-state index contributed by atoms with van der Waals surface area (Å²) in [6.45, 7) is 16.0. The number of rotatable bonds is 5. The van der Waals surface area contributed by atoms with E-state index in [1.165, 1.54) is 11.1 Å². The van der Waals surface area contributed by atoms with E-state index in [9.17, 15) is 4.79 Å². The third kappa shape index (κ3) is 5.79. The number of carbonyl (C=O) groups excluding carboxylic acids is 1. The average Bonchev–Trinajstić information content (AvgIpc) is 3.06. The molecule has 3 nitrogen and oxygen atoms in total. The molecule has 1 amide bonds. The highest BCUT2D eigenvalue weighted by Gasteiger charge is 2.52. The van der Waals surface area contributed by atoms with Gasteiger partial charge >= 0.3 is 0 Å². The van der Waals surface area contributed by atoms with Crippen molar-refractivity contribution >= 4 is 27.5 Å². The molecule has 1 unspecified atom stereocenters. The summed E-state index contributed by atoms with van der Waals surface area (Å²) in [5.41, 5.74) is 4.00. The van der Waals surface area contributed by atoms with E-state index in [2.05, 4.69) is 93.6 Å². The summed E-state index contributed by atoms with van der Waals surface area (Å²) >= 11 is 3.60. The van der Waals surface area contributed by atoms with Crippen LogP contribution in [0.5, 0.6) is 0 Å². The molecule has 0 bridgehead atoms. The van der Waals surface area contributed by atoms with Crippen molar-refractivity contribution < 1.29 is 4.79 Å². The largest absolute Gasteiger partial charge is 0.305 e. The van der Waals surface area contributed by atoms with Crippen molar-refractivity contribution in [3.8, 4) is 0 Å². The molecule has 4 heteroatoms. The number of benzene rings is 2. The fraction of sp³-hybridized carbons (Fsp3) is 0.562. The van der Waals surface area contributed by atoms with Gasteiger partial charge < -0.3 is 4.90 Å². The Morgan fingerprint density at radius 1 is 1.03 bits per heavy atom. The van der Waals surface area contributed by atoms with E-state index < -0.39 is 5.66 Å². The summed E-state index contributed by atoms with van der Waals surface area (Å²) in [7, 11) is 0. The lowest BCUT2D eigenvalue weighted by atomic mass is 9.69. The first kappa shape index (κ1) is 27.1. The molecular formula is C32H43BrN2O. The third-order valence-corrected chi connectivity index (χ3v) is 8.73. The normalized spacial score (nSPS) is 23.8. The zero-order valence-electron chi connectivity index (χ0n) is 23.2. The van der Waals surface area contributed by atoms with Gasteiger partial charge in [-0.3, -0.25) is 9.79 Å². The molecule has 1 aliphatic carbocycles. The molecule has 0 aromatic heterocycles. The van der Waals surface area contributed by atoms with Crippen LogP contribution in [0.15, 0.2) is 58.0 Å². The van der Waals surface area contributed by atoms with Gasteiger partial charge in [-0.05, 0) is 79.9 Å².